The van der Waals surface area contributed by atoms with E-state index in [9.17, 15) is 30.0 Å². The lowest BCUT2D eigenvalue weighted by atomic mass is 10.0. The Morgan fingerprint density at radius 3 is 2.53 bits per heavy atom. The molecule has 1 aliphatic rings. The van der Waals surface area contributed by atoms with E-state index in [4.69, 9.17) is 4.42 Å². The Kier molecular flexibility index (Phi) is 2.12. The van der Waals surface area contributed by atoms with E-state index < -0.39 is 34.8 Å². The molecule has 1 aromatic heterocycles. The van der Waals surface area contributed by atoms with Crippen molar-refractivity contribution in [1.82, 2.24) is 0 Å². The molecule has 0 aliphatic heterocycles. The molecule has 0 saturated carbocycles. The molecule has 0 unspecified atom stereocenters. The summed E-state index contributed by atoms with van der Waals surface area (Å²) >= 11 is 0. The molecule has 98 valence electrons. The maximum atomic E-state index is 11.7. The van der Waals surface area contributed by atoms with Crippen molar-refractivity contribution in [3.8, 4) is 17.2 Å². The molecule has 0 radical (unpaired) electrons. The number of phenolic OH excluding ortho intramolecular Hbond substituents is 3. The number of hydrogen-bond donors (Lipinski definition) is 4. The zero-order valence-electron chi connectivity index (χ0n) is 9.38. The molecule has 1 heterocycles. The van der Waals surface area contributed by atoms with Crippen LogP contribution >= 0.6 is 0 Å². The molecule has 1 aromatic carbocycles. The van der Waals surface area contributed by atoms with Crippen molar-refractivity contribution >= 4 is 16.6 Å². The molecular formula is C12H8O7. The molecule has 0 spiro atoms. The van der Waals surface area contributed by atoms with Gasteiger partial charge in [0.25, 0.3) is 0 Å². The Morgan fingerprint density at radius 1 is 1.16 bits per heavy atom. The van der Waals surface area contributed by atoms with E-state index >= 15 is 0 Å². The van der Waals surface area contributed by atoms with Crippen molar-refractivity contribution in [3.05, 3.63) is 27.8 Å². The predicted octanol–water partition coefficient (Wildman–Crippen LogP) is 0.530. The molecule has 7 heteroatoms. The number of carbonyl (C=O) groups excluding carboxylic acids is 1. The standard InChI is InChI=1S/C12H8O7/c13-4-2-6(15)11-8(4)7-3(12(18)19-11)1-5(14)9(16)10(7)17/h1,4,13-14,16-17H,2H2/t4-/m0/s1. The van der Waals surface area contributed by atoms with Gasteiger partial charge in [0.15, 0.2) is 17.3 Å². The topological polar surface area (TPSA) is 128 Å². The van der Waals surface area contributed by atoms with Gasteiger partial charge in [-0.2, -0.15) is 0 Å². The molecule has 19 heavy (non-hydrogen) atoms. The van der Waals surface area contributed by atoms with Crippen LogP contribution in [0.5, 0.6) is 17.2 Å². The molecule has 1 atom stereocenters. The summed E-state index contributed by atoms with van der Waals surface area (Å²) in [7, 11) is 0. The van der Waals surface area contributed by atoms with Gasteiger partial charge in [-0.25, -0.2) is 4.79 Å². The minimum Gasteiger partial charge on any atom is -0.504 e. The van der Waals surface area contributed by atoms with E-state index in [0.29, 0.717) is 0 Å². The number of phenols is 3. The third kappa shape index (κ3) is 1.36. The minimum absolute atomic E-state index is 0.0487. The lowest BCUT2D eigenvalue weighted by Gasteiger charge is -2.10. The third-order valence-electron chi connectivity index (χ3n) is 3.15. The molecular weight excluding hydrogens is 256 g/mol. The second-order valence-corrected chi connectivity index (χ2v) is 4.29. The van der Waals surface area contributed by atoms with Crippen LogP contribution in [0.25, 0.3) is 10.8 Å². The molecule has 0 amide bonds. The Bertz CT molecular complexity index is 787. The highest BCUT2D eigenvalue weighted by atomic mass is 16.4. The van der Waals surface area contributed by atoms with Crippen LogP contribution in [0.15, 0.2) is 15.3 Å². The summed E-state index contributed by atoms with van der Waals surface area (Å²) in [5.41, 5.74) is -0.991. The van der Waals surface area contributed by atoms with E-state index in [1.165, 1.54) is 0 Å². The average Bonchev–Trinajstić information content (AvgIpc) is 2.62. The smallest absolute Gasteiger partial charge is 0.344 e. The van der Waals surface area contributed by atoms with Crippen LogP contribution in [0.1, 0.15) is 28.6 Å². The van der Waals surface area contributed by atoms with Gasteiger partial charge in [-0.15, -0.1) is 0 Å². The number of benzene rings is 1. The molecule has 0 saturated heterocycles. The van der Waals surface area contributed by atoms with Gasteiger partial charge in [0.1, 0.15) is 0 Å². The fourth-order valence-corrected chi connectivity index (χ4v) is 2.29. The number of Topliss-reactive ketones (excluding diaryl/α,β-unsaturated/α-hetero) is 1. The Labute approximate surface area is 105 Å². The van der Waals surface area contributed by atoms with E-state index in [0.717, 1.165) is 6.07 Å². The lowest BCUT2D eigenvalue weighted by Crippen LogP contribution is -2.06. The number of rotatable bonds is 0. The first kappa shape index (κ1) is 11.5. The molecule has 0 fully saturated rings. The summed E-state index contributed by atoms with van der Waals surface area (Å²) in [6.07, 6.45) is -1.50. The molecule has 1 aliphatic carbocycles. The first-order chi connectivity index (χ1) is 8.91. The van der Waals surface area contributed by atoms with Crippen molar-refractivity contribution in [1.29, 1.82) is 0 Å². The third-order valence-corrected chi connectivity index (χ3v) is 3.15. The quantitative estimate of drug-likeness (QED) is 0.511. The number of fused-ring (bicyclic) bond motifs is 3. The summed E-state index contributed by atoms with van der Waals surface area (Å²) in [5, 5.41) is 38.1. The summed E-state index contributed by atoms with van der Waals surface area (Å²) in [5.74, 6) is -3.19. The van der Waals surface area contributed by atoms with Crippen molar-refractivity contribution in [3.63, 3.8) is 0 Å². The minimum atomic E-state index is -1.23. The molecule has 3 rings (SSSR count). The number of hydrogen-bond acceptors (Lipinski definition) is 7. The van der Waals surface area contributed by atoms with Crippen LogP contribution in [-0.4, -0.2) is 26.2 Å². The molecule has 4 N–H and O–H groups in total. The second-order valence-electron chi connectivity index (χ2n) is 4.29. The molecule has 2 aromatic rings. The number of carbonyl (C=O) groups is 1. The largest absolute Gasteiger partial charge is 0.504 e. The Morgan fingerprint density at radius 2 is 1.84 bits per heavy atom. The number of aliphatic hydroxyl groups is 1. The maximum absolute atomic E-state index is 11.7. The van der Waals surface area contributed by atoms with E-state index in [1.54, 1.807) is 0 Å². The summed E-state index contributed by atoms with van der Waals surface area (Å²) < 4.78 is 4.80. The van der Waals surface area contributed by atoms with Gasteiger partial charge in [-0.1, -0.05) is 0 Å². The maximum Gasteiger partial charge on any atom is 0.344 e. The first-order valence-corrected chi connectivity index (χ1v) is 5.37. The highest BCUT2D eigenvalue weighted by Crippen LogP contribution is 2.45. The monoisotopic (exact) mass is 264 g/mol. The molecule has 0 bridgehead atoms. The zero-order valence-corrected chi connectivity index (χ0v) is 9.38. The van der Waals surface area contributed by atoms with Crippen molar-refractivity contribution in [2.24, 2.45) is 0 Å². The normalized spacial score (nSPS) is 17.9. The van der Waals surface area contributed by atoms with Crippen LogP contribution < -0.4 is 5.63 Å². The van der Waals surface area contributed by atoms with Gasteiger partial charge < -0.3 is 24.8 Å². The number of aromatic hydroxyl groups is 3. The van der Waals surface area contributed by atoms with Crippen molar-refractivity contribution < 1.29 is 29.6 Å². The van der Waals surface area contributed by atoms with Gasteiger partial charge in [0.05, 0.1) is 11.5 Å². The zero-order chi connectivity index (χ0) is 13.9. The van der Waals surface area contributed by atoms with Crippen LogP contribution in [0, 0.1) is 0 Å². The van der Waals surface area contributed by atoms with Gasteiger partial charge in [-0.05, 0) is 6.07 Å². The second kappa shape index (κ2) is 3.48. The van der Waals surface area contributed by atoms with Gasteiger partial charge in [-0.3, -0.25) is 4.79 Å². The number of aliphatic hydroxyl groups excluding tert-OH is 1. The van der Waals surface area contributed by atoms with Gasteiger partial charge >= 0.3 is 5.63 Å². The van der Waals surface area contributed by atoms with Gasteiger partial charge in [0.2, 0.25) is 11.5 Å². The summed E-state index contributed by atoms with van der Waals surface area (Å²) in [6.45, 7) is 0. The fourth-order valence-electron chi connectivity index (χ4n) is 2.29. The highest BCUT2D eigenvalue weighted by molar-refractivity contribution is 6.06. The molecule has 7 nitrogen and oxygen atoms in total. The van der Waals surface area contributed by atoms with Crippen LogP contribution in [0.3, 0.4) is 0 Å². The van der Waals surface area contributed by atoms with Crippen LogP contribution in [0.4, 0.5) is 0 Å². The summed E-state index contributed by atoms with van der Waals surface area (Å²) in [6, 6.07) is 0.909. The van der Waals surface area contributed by atoms with E-state index in [2.05, 4.69) is 0 Å². The predicted molar refractivity (Wildman–Crippen MR) is 61.4 cm³/mol. The van der Waals surface area contributed by atoms with Crippen LogP contribution in [-0.2, 0) is 0 Å². The van der Waals surface area contributed by atoms with Gasteiger partial charge in [0, 0.05) is 17.4 Å². The van der Waals surface area contributed by atoms with E-state index in [-0.39, 0.29) is 28.5 Å². The first-order valence-electron chi connectivity index (χ1n) is 5.37. The summed E-state index contributed by atoms with van der Waals surface area (Å²) in [4.78, 5) is 23.3. The SMILES string of the molecule is O=C1C[C@H](O)c2c1oc(=O)c1cc(O)c(O)c(O)c21. The number of ketones is 1. The highest BCUT2D eigenvalue weighted by Gasteiger charge is 2.35. The average molecular weight is 264 g/mol. The Hall–Kier alpha value is -2.54. The lowest BCUT2D eigenvalue weighted by molar-refractivity contribution is 0.0912. The van der Waals surface area contributed by atoms with Crippen molar-refractivity contribution in [2.75, 3.05) is 0 Å². The van der Waals surface area contributed by atoms with Crippen LogP contribution in [0.2, 0.25) is 0 Å². The Balaban J connectivity index is 2.60. The van der Waals surface area contributed by atoms with Crippen molar-refractivity contribution in [2.45, 2.75) is 12.5 Å². The van der Waals surface area contributed by atoms with E-state index in [1.807, 2.05) is 0 Å². The fraction of sp³-hybridized carbons (Fsp3) is 0.167.